The third kappa shape index (κ3) is 3.59. The zero-order chi connectivity index (χ0) is 14.5. The Hall–Kier alpha value is -1.85. The Balaban J connectivity index is 2.02. The number of aromatic nitrogens is 2. The van der Waals surface area contributed by atoms with Crippen molar-refractivity contribution in [3.8, 4) is 0 Å². The van der Waals surface area contributed by atoms with Crippen LogP contribution in [0.15, 0.2) is 41.3 Å². The van der Waals surface area contributed by atoms with Gasteiger partial charge in [-0.3, -0.25) is 4.79 Å². The van der Waals surface area contributed by atoms with E-state index in [-0.39, 0.29) is 11.1 Å². The Bertz CT molecular complexity index is 615. The smallest absolute Gasteiger partial charge is 0.285 e. The van der Waals surface area contributed by atoms with Crippen LogP contribution in [0.4, 0.5) is 5.69 Å². The zero-order valence-electron chi connectivity index (χ0n) is 11.0. The second-order valence-corrected chi connectivity index (χ2v) is 4.99. The van der Waals surface area contributed by atoms with Gasteiger partial charge in [-0.25, -0.2) is 5.10 Å². The van der Waals surface area contributed by atoms with Crippen LogP contribution in [0.3, 0.4) is 0 Å². The number of hydrogen-bond acceptors (Lipinski definition) is 4. The van der Waals surface area contributed by atoms with Crippen LogP contribution < -0.4 is 10.9 Å². The largest absolute Gasteiger partial charge is 0.391 e. The molecule has 0 saturated carbocycles. The molecule has 0 aliphatic rings. The van der Waals surface area contributed by atoms with Crippen molar-refractivity contribution in [1.29, 1.82) is 0 Å². The molecule has 0 amide bonds. The van der Waals surface area contributed by atoms with E-state index >= 15 is 0 Å². The number of aliphatic hydroxyl groups is 1. The minimum atomic E-state index is -0.604. The van der Waals surface area contributed by atoms with Gasteiger partial charge in [0.05, 0.1) is 18.0 Å². The van der Waals surface area contributed by atoms with Gasteiger partial charge in [-0.1, -0.05) is 41.9 Å². The number of benzene rings is 1. The van der Waals surface area contributed by atoms with Crippen molar-refractivity contribution in [3.05, 3.63) is 57.5 Å². The topological polar surface area (TPSA) is 78.0 Å². The van der Waals surface area contributed by atoms with Crippen LogP contribution >= 0.6 is 11.6 Å². The molecule has 1 aromatic carbocycles. The quantitative estimate of drug-likeness (QED) is 0.786. The average molecular weight is 294 g/mol. The molecule has 5 nitrogen and oxygen atoms in total. The van der Waals surface area contributed by atoms with Gasteiger partial charge in [-0.15, -0.1) is 0 Å². The second kappa shape index (κ2) is 6.54. The summed E-state index contributed by atoms with van der Waals surface area (Å²) in [5.41, 5.74) is 1.00. The lowest BCUT2D eigenvalue weighted by molar-refractivity contribution is 0.158. The molecule has 0 fully saturated rings. The molecule has 1 heterocycles. The highest BCUT2D eigenvalue weighted by molar-refractivity contribution is 6.32. The first-order valence-corrected chi connectivity index (χ1v) is 6.67. The van der Waals surface area contributed by atoms with Crippen molar-refractivity contribution in [1.82, 2.24) is 10.2 Å². The van der Waals surface area contributed by atoms with Crippen LogP contribution in [0.2, 0.25) is 5.02 Å². The highest BCUT2D eigenvalue weighted by Crippen LogP contribution is 2.17. The maximum atomic E-state index is 11.3. The minimum Gasteiger partial charge on any atom is -0.391 e. The molecule has 0 saturated heterocycles. The molecular formula is C14H16ClN3O2. The predicted octanol–water partition coefficient (Wildman–Crippen LogP) is 1.83. The van der Waals surface area contributed by atoms with E-state index in [4.69, 9.17) is 11.6 Å². The van der Waals surface area contributed by atoms with E-state index in [1.807, 2.05) is 37.3 Å². The summed E-state index contributed by atoms with van der Waals surface area (Å²) in [6.07, 6.45) is 1.34. The van der Waals surface area contributed by atoms with Gasteiger partial charge in [0, 0.05) is 12.5 Å². The Morgan fingerprint density at radius 2 is 2.10 bits per heavy atom. The fourth-order valence-corrected chi connectivity index (χ4v) is 2.00. The first kappa shape index (κ1) is 14.6. The molecule has 1 aromatic heterocycles. The van der Waals surface area contributed by atoms with E-state index < -0.39 is 11.7 Å². The third-order valence-electron chi connectivity index (χ3n) is 3.04. The van der Waals surface area contributed by atoms with Crippen LogP contribution in [0.1, 0.15) is 12.5 Å². The van der Waals surface area contributed by atoms with Gasteiger partial charge in [-0.2, -0.15) is 5.10 Å². The van der Waals surface area contributed by atoms with Gasteiger partial charge in [0.1, 0.15) is 5.02 Å². The first-order chi connectivity index (χ1) is 9.58. The highest BCUT2D eigenvalue weighted by Gasteiger charge is 2.16. The van der Waals surface area contributed by atoms with Gasteiger partial charge < -0.3 is 10.4 Å². The molecule has 0 bridgehead atoms. The van der Waals surface area contributed by atoms with Gasteiger partial charge in [0.25, 0.3) is 5.56 Å². The SMILES string of the molecule is CC(Nc1cn[nH]c(=O)c1Cl)C(O)Cc1ccccc1. The lowest BCUT2D eigenvalue weighted by Crippen LogP contribution is -2.33. The summed E-state index contributed by atoms with van der Waals surface area (Å²) in [6.45, 7) is 1.82. The normalized spacial score (nSPS) is 13.8. The summed E-state index contributed by atoms with van der Waals surface area (Å²) in [5, 5.41) is 19.1. The van der Waals surface area contributed by atoms with Crippen molar-refractivity contribution in [2.45, 2.75) is 25.5 Å². The van der Waals surface area contributed by atoms with E-state index in [0.717, 1.165) is 5.56 Å². The van der Waals surface area contributed by atoms with Crippen LogP contribution in [0, 0.1) is 0 Å². The molecule has 20 heavy (non-hydrogen) atoms. The minimum absolute atomic E-state index is 0.0405. The Morgan fingerprint density at radius 3 is 2.80 bits per heavy atom. The summed E-state index contributed by atoms with van der Waals surface area (Å²) in [7, 11) is 0. The lowest BCUT2D eigenvalue weighted by Gasteiger charge is -2.21. The summed E-state index contributed by atoms with van der Waals surface area (Å²) in [5.74, 6) is 0. The molecular weight excluding hydrogens is 278 g/mol. The fourth-order valence-electron chi connectivity index (χ4n) is 1.86. The standard InChI is InChI=1S/C14H16ClN3O2/c1-9(12(19)7-10-5-3-2-4-6-10)17-11-8-16-18-14(20)13(11)15/h2-6,8-9,12,19H,7H2,1H3,(H2,17,18,20). The van der Waals surface area contributed by atoms with Gasteiger partial charge in [-0.05, 0) is 12.5 Å². The maximum Gasteiger partial charge on any atom is 0.285 e. The Kier molecular flexibility index (Phi) is 4.76. The molecule has 6 heteroatoms. The van der Waals surface area contributed by atoms with Crippen molar-refractivity contribution < 1.29 is 5.11 Å². The highest BCUT2D eigenvalue weighted by atomic mass is 35.5. The number of H-pyrrole nitrogens is 1. The number of aromatic amines is 1. The van der Waals surface area contributed by atoms with Gasteiger partial charge in [0.15, 0.2) is 0 Å². The molecule has 2 aromatic rings. The number of rotatable bonds is 5. The molecule has 0 aliphatic carbocycles. The van der Waals surface area contributed by atoms with Crippen molar-refractivity contribution >= 4 is 17.3 Å². The number of halogens is 1. The molecule has 106 valence electrons. The van der Waals surface area contributed by atoms with Crippen LogP contribution in [0.5, 0.6) is 0 Å². The van der Waals surface area contributed by atoms with E-state index in [1.165, 1.54) is 6.20 Å². The summed E-state index contributed by atoms with van der Waals surface area (Å²) in [4.78, 5) is 11.3. The van der Waals surface area contributed by atoms with Crippen molar-refractivity contribution in [3.63, 3.8) is 0 Å². The van der Waals surface area contributed by atoms with Crippen LogP contribution in [-0.2, 0) is 6.42 Å². The molecule has 2 rings (SSSR count). The summed E-state index contributed by atoms with van der Waals surface area (Å²) in [6, 6.07) is 9.43. The Morgan fingerprint density at radius 1 is 1.40 bits per heavy atom. The van der Waals surface area contributed by atoms with Gasteiger partial charge >= 0.3 is 0 Å². The molecule has 3 N–H and O–H groups in total. The number of nitrogens with one attached hydrogen (secondary N) is 2. The number of nitrogens with zero attached hydrogens (tertiary/aromatic N) is 1. The Labute approximate surface area is 121 Å². The van der Waals surface area contributed by atoms with E-state index in [9.17, 15) is 9.90 Å². The zero-order valence-corrected chi connectivity index (χ0v) is 11.8. The first-order valence-electron chi connectivity index (χ1n) is 6.29. The molecule has 2 atom stereocenters. The number of anilines is 1. The van der Waals surface area contributed by atoms with E-state index in [0.29, 0.717) is 12.1 Å². The van der Waals surface area contributed by atoms with Crippen molar-refractivity contribution in [2.24, 2.45) is 0 Å². The number of aliphatic hydroxyl groups excluding tert-OH is 1. The lowest BCUT2D eigenvalue weighted by atomic mass is 10.0. The number of hydrogen-bond donors (Lipinski definition) is 3. The summed E-state index contributed by atoms with van der Waals surface area (Å²) >= 11 is 5.87. The fraction of sp³-hybridized carbons (Fsp3) is 0.286. The monoisotopic (exact) mass is 293 g/mol. The van der Waals surface area contributed by atoms with Crippen LogP contribution in [-0.4, -0.2) is 27.4 Å². The van der Waals surface area contributed by atoms with E-state index in [2.05, 4.69) is 15.5 Å². The third-order valence-corrected chi connectivity index (χ3v) is 3.42. The average Bonchev–Trinajstić information content (AvgIpc) is 2.45. The molecule has 0 spiro atoms. The predicted molar refractivity (Wildman–Crippen MR) is 79.1 cm³/mol. The molecule has 2 unspecified atom stereocenters. The van der Waals surface area contributed by atoms with Crippen LogP contribution in [0.25, 0.3) is 0 Å². The van der Waals surface area contributed by atoms with E-state index in [1.54, 1.807) is 0 Å². The molecule has 0 aliphatic heterocycles. The van der Waals surface area contributed by atoms with Gasteiger partial charge in [0.2, 0.25) is 0 Å². The molecule has 0 radical (unpaired) electrons. The van der Waals surface area contributed by atoms with Crippen molar-refractivity contribution in [2.75, 3.05) is 5.32 Å². The second-order valence-electron chi connectivity index (χ2n) is 4.62. The summed E-state index contributed by atoms with van der Waals surface area (Å²) < 4.78 is 0. The maximum absolute atomic E-state index is 11.3.